The Balaban J connectivity index is 0.00000312. The van der Waals surface area contributed by atoms with Crippen LogP contribution in [0.25, 0.3) is 0 Å². The monoisotopic (exact) mass is 381 g/mol. The topological polar surface area (TPSA) is 65.5 Å². The third kappa shape index (κ3) is 5.83. The zero-order chi connectivity index (χ0) is 17.9. The van der Waals surface area contributed by atoms with Crippen LogP contribution in [0, 0.1) is 11.8 Å². The smallest absolute Gasteiger partial charge is 0.387 e. The molecule has 2 atom stereocenters. The minimum Gasteiger partial charge on any atom is -0.387 e. The fraction of sp³-hybridized carbons (Fsp3) is 0.625. The molecule has 142 valence electrons. The van der Waals surface area contributed by atoms with E-state index in [2.05, 4.69) is 29.0 Å². The first-order valence-electron chi connectivity index (χ1n) is 7.85. The van der Waals surface area contributed by atoms with E-state index in [0.29, 0.717) is 24.6 Å². The van der Waals surface area contributed by atoms with Crippen LogP contribution in [-0.2, 0) is 17.5 Å². The molecule has 2 rings (SSSR count). The van der Waals surface area contributed by atoms with Crippen LogP contribution in [0.3, 0.4) is 0 Å². The van der Waals surface area contributed by atoms with E-state index in [4.69, 9.17) is 5.11 Å². The molecule has 0 bridgehead atoms. The minimum atomic E-state index is -4.44. The number of alkyl halides is 3. The van der Waals surface area contributed by atoms with E-state index < -0.39 is 24.4 Å². The number of rotatable bonds is 5. The highest BCUT2D eigenvalue weighted by Crippen LogP contribution is 2.28. The van der Waals surface area contributed by atoms with Gasteiger partial charge in [-0.1, -0.05) is 19.9 Å². The second-order valence-electron chi connectivity index (χ2n) is 6.48. The van der Waals surface area contributed by atoms with Crippen molar-refractivity contribution in [2.24, 2.45) is 11.8 Å². The van der Waals surface area contributed by atoms with Gasteiger partial charge in [-0.25, -0.2) is 0 Å². The second kappa shape index (κ2) is 8.82. The molecule has 0 aliphatic carbocycles. The summed E-state index contributed by atoms with van der Waals surface area (Å²) in [6.07, 6.45) is -3.19. The Bertz CT molecular complexity index is 567. The Morgan fingerprint density at radius 1 is 1.40 bits per heavy atom. The molecule has 0 spiro atoms. The van der Waals surface area contributed by atoms with Gasteiger partial charge in [0.1, 0.15) is 12.3 Å². The third-order valence-corrected chi connectivity index (χ3v) is 4.31. The highest BCUT2D eigenvalue weighted by molar-refractivity contribution is 5.85. The highest BCUT2D eigenvalue weighted by atomic mass is 35.5. The molecule has 1 aliphatic rings. The molecule has 0 saturated carbocycles. The molecule has 9 heteroatoms. The number of hydrogen-bond acceptors (Lipinski definition) is 4. The normalized spacial score (nSPS) is 21.2. The van der Waals surface area contributed by atoms with E-state index in [-0.39, 0.29) is 24.4 Å². The van der Waals surface area contributed by atoms with Gasteiger partial charge in [-0.15, -0.1) is 12.4 Å². The van der Waals surface area contributed by atoms with E-state index in [9.17, 15) is 18.0 Å². The van der Waals surface area contributed by atoms with Crippen LogP contribution in [0.5, 0.6) is 0 Å². The number of amides is 1. The zero-order valence-electron chi connectivity index (χ0n) is 14.1. The van der Waals surface area contributed by atoms with Gasteiger partial charge in [0.25, 0.3) is 0 Å². The summed E-state index contributed by atoms with van der Waals surface area (Å²) in [5.74, 6) is 0.149. The molecule has 5 nitrogen and oxygen atoms in total. The predicted octanol–water partition coefficient (Wildman–Crippen LogP) is 2.09. The minimum absolute atomic E-state index is 0. The molecule has 1 amide bonds. The average Bonchev–Trinajstić information content (AvgIpc) is 2.89. The Kier molecular flexibility index (Phi) is 7.64. The van der Waals surface area contributed by atoms with Crippen molar-refractivity contribution in [2.75, 3.05) is 19.7 Å². The van der Waals surface area contributed by atoms with Crippen LogP contribution in [0.1, 0.15) is 25.1 Å². The fourth-order valence-corrected chi connectivity index (χ4v) is 3.07. The van der Waals surface area contributed by atoms with Crippen molar-refractivity contribution in [2.45, 2.75) is 32.6 Å². The number of hydrogen-bond donors (Lipinski definition) is 2. The predicted molar refractivity (Wildman–Crippen MR) is 89.1 cm³/mol. The summed E-state index contributed by atoms with van der Waals surface area (Å²) >= 11 is 0. The number of nitrogens with zero attached hydrogens (tertiary/aromatic N) is 2. The molecular formula is C16H23ClF3N3O2. The van der Waals surface area contributed by atoms with Gasteiger partial charge in [-0.2, -0.15) is 13.2 Å². The third-order valence-electron chi connectivity index (χ3n) is 4.31. The Labute approximate surface area is 151 Å². The number of aromatic nitrogens is 1. The lowest BCUT2D eigenvalue weighted by atomic mass is 9.91. The number of carbonyl (C=O) groups is 1. The van der Waals surface area contributed by atoms with E-state index in [1.54, 1.807) is 0 Å². The summed E-state index contributed by atoms with van der Waals surface area (Å²) in [7, 11) is 0. The van der Waals surface area contributed by atoms with Crippen molar-refractivity contribution in [1.29, 1.82) is 0 Å². The van der Waals surface area contributed by atoms with Crippen LogP contribution in [0.2, 0.25) is 0 Å². The molecule has 0 unspecified atom stereocenters. The maximum absolute atomic E-state index is 12.5. The highest BCUT2D eigenvalue weighted by Gasteiger charge is 2.36. The summed E-state index contributed by atoms with van der Waals surface area (Å²) in [4.78, 5) is 17.0. The maximum atomic E-state index is 12.5. The SMILES string of the molecule is CC(C)[C@H]1CN(Cc2ccc(C(F)(F)F)nc2)C[C@@H]1NC(=O)CO.Cl. The van der Waals surface area contributed by atoms with Gasteiger partial charge < -0.3 is 10.4 Å². The van der Waals surface area contributed by atoms with Crippen molar-refractivity contribution < 1.29 is 23.1 Å². The largest absolute Gasteiger partial charge is 0.433 e. The molecule has 0 radical (unpaired) electrons. The maximum Gasteiger partial charge on any atom is 0.433 e. The molecule has 1 aromatic rings. The van der Waals surface area contributed by atoms with E-state index in [0.717, 1.165) is 12.6 Å². The fourth-order valence-electron chi connectivity index (χ4n) is 3.07. The molecule has 1 saturated heterocycles. The van der Waals surface area contributed by atoms with Crippen molar-refractivity contribution in [3.05, 3.63) is 29.6 Å². The van der Waals surface area contributed by atoms with Gasteiger partial charge in [0.2, 0.25) is 5.91 Å². The van der Waals surface area contributed by atoms with Gasteiger partial charge in [-0.3, -0.25) is 14.7 Å². The summed E-state index contributed by atoms with van der Waals surface area (Å²) < 4.78 is 37.6. The first-order chi connectivity index (χ1) is 11.2. The van der Waals surface area contributed by atoms with Crippen LogP contribution in [0.4, 0.5) is 13.2 Å². The molecule has 25 heavy (non-hydrogen) atoms. The molecule has 0 aromatic carbocycles. The van der Waals surface area contributed by atoms with Gasteiger partial charge in [0.05, 0.1) is 0 Å². The lowest BCUT2D eigenvalue weighted by Gasteiger charge is -2.22. The standard InChI is InChI=1S/C16H22F3N3O2.ClH/c1-10(2)12-7-22(8-13(12)21-15(24)9-23)6-11-3-4-14(20-5-11)16(17,18)19;/h3-5,10,12-13,23H,6-9H2,1-2H3,(H,21,24);1H/t12-,13+;/m1./s1. The summed E-state index contributed by atoms with van der Waals surface area (Å²) in [5.41, 5.74) is -0.208. The first-order valence-corrected chi connectivity index (χ1v) is 7.85. The first kappa shape index (κ1) is 21.7. The van der Waals surface area contributed by atoms with Crippen LogP contribution < -0.4 is 5.32 Å². The van der Waals surface area contributed by atoms with Gasteiger partial charge in [0, 0.05) is 31.9 Å². The zero-order valence-corrected chi connectivity index (χ0v) is 14.9. The summed E-state index contributed by atoms with van der Waals surface area (Å²) in [5, 5.41) is 11.7. The molecule has 2 heterocycles. The summed E-state index contributed by atoms with van der Waals surface area (Å²) in [6, 6.07) is 2.34. The molecule has 1 aliphatic heterocycles. The lowest BCUT2D eigenvalue weighted by molar-refractivity contribution is -0.141. The van der Waals surface area contributed by atoms with Gasteiger partial charge >= 0.3 is 6.18 Å². The number of halogens is 4. The number of aliphatic hydroxyl groups excluding tert-OH is 1. The Morgan fingerprint density at radius 3 is 2.56 bits per heavy atom. The number of aliphatic hydroxyl groups is 1. The van der Waals surface area contributed by atoms with Crippen LogP contribution in [0.15, 0.2) is 18.3 Å². The average molecular weight is 382 g/mol. The molecular weight excluding hydrogens is 359 g/mol. The van der Waals surface area contributed by atoms with Gasteiger partial charge in [-0.05, 0) is 23.5 Å². The Morgan fingerprint density at radius 2 is 2.08 bits per heavy atom. The van der Waals surface area contributed by atoms with Crippen molar-refractivity contribution >= 4 is 18.3 Å². The molecule has 2 N–H and O–H groups in total. The second-order valence-corrected chi connectivity index (χ2v) is 6.48. The van der Waals surface area contributed by atoms with E-state index >= 15 is 0 Å². The summed E-state index contributed by atoms with van der Waals surface area (Å²) in [6.45, 7) is 5.37. The number of likely N-dealkylation sites (tertiary alicyclic amines) is 1. The van der Waals surface area contributed by atoms with Crippen molar-refractivity contribution in [1.82, 2.24) is 15.2 Å². The van der Waals surface area contributed by atoms with Crippen molar-refractivity contribution in [3.8, 4) is 0 Å². The quantitative estimate of drug-likeness (QED) is 0.819. The lowest BCUT2D eigenvalue weighted by Crippen LogP contribution is -2.43. The Hall–Kier alpha value is -1.38. The van der Waals surface area contributed by atoms with Crippen LogP contribution >= 0.6 is 12.4 Å². The van der Waals surface area contributed by atoms with Crippen LogP contribution in [-0.4, -0.2) is 46.6 Å². The number of nitrogens with one attached hydrogen (secondary N) is 1. The molecule has 1 aromatic heterocycles. The number of carbonyl (C=O) groups excluding carboxylic acids is 1. The number of pyridine rings is 1. The molecule has 1 fully saturated rings. The van der Waals surface area contributed by atoms with E-state index in [1.807, 2.05) is 0 Å². The van der Waals surface area contributed by atoms with Crippen molar-refractivity contribution in [3.63, 3.8) is 0 Å². The van der Waals surface area contributed by atoms with E-state index in [1.165, 1.54) is 12.3 Å². The van der Waals surface area contributed by atoms with Gasteiger partial charge in [0.15, 0.2) is 0 Å².